The normalized spacial score (nSPS) is 19.9. The first-order chi connectivity index (χ1) is 14.4. The van der Waals surface area contributed by atoms with Gasteiger partial charge in [0.2, 0.25) is 0 Å². The van der Waals surface area contributed by atoms with Crippen LogP contribution in [0.5, 0.6) is 5.75 Å². The van der Waals surface area contributed by atoms with E-state index in [0.717, 1.165) is 35.2 Å². The van der Waals surface area contributed by atoms with Crippen molar-refractivity contribution in [1.29, 1.82) is 0 Å². The van der Waals surface area contributed by atoms with E-state index in [9.17, 15) is 0 Å². The molecule has 5 heteroatoms. The van der Waals surface area contributed by atoms with E-state index in [1.807, 2.05) is 12.3 Å². The Kier molecular flexibility index (Phi) is 5.91. The van der Waals surface area contributed by atoms with Crippen LogP contribution in [0.3, 0.4) is 0 Å². The topological polar surface area (TPSA) is 50.3 Å². The minimum Gasteiger partial charge on any atom is -0.490 e. The quantitative estimate of drug-likeness (QED) is 0.606. The van der Waals surface area contributed by atoms with Crippen LogP contribution < -0.4 is 10.1 Å². The van der Waals surface area contributed by atoms with Crippen LogP contribution >= 0.6 is 0 Å². The average molecular weight is 405 g/mol. The van der Waals surface area contributed by atoms with E-state index in [-0.39, 0.29) is 12.1 Å². The first-order valence-electron chi connectivity index (χ1n) is 10.8. The van der Waals surface area contributed by atoms with Crippen molar-refractivity contribution in [2.75, 3.05) is 19.4 Å². The van der Waals surface area contributed by atoms with Crippen molar-refractivity contribution in [2.45, 2.75) is 58.2 Å². The molecule has 0 radical (unpaired) electrons. The van der Waals surface area contributed by atoms with Crippen LogP contribution in [0.25, 0.3) is 10.8 Å². The van der Waals surface area contributed by atoms with Crippen molar-refractivity contribution in [3.8, 4) is 5.75 Å². The third-order valence-corrected chi connectivity index (χ3v) is 6.49. The fraction of sp³-hybridized carbons (Fsp3) is 0.440. The van der Waals surface area contributed by atoms with Gasteiger partial charge in [-0.3, -0.25) is 0 Å². The Morgan fingerprint density at radius 2 is 1.97 bits per heavy atom. The van der Waals surface area contributed by atoms with Crippen molar-refractivity contribution in [1.82, 2.24) is 15.1 Å². The lowest BCUT2D eigenvalue weighted by atomic mass is 9.98. The van der Waals surface area contributed by atoms with Gasteiger partial charge in [-0.2, -0.15) is 5.10 Å². The molecule has 1 unspecified atom stereocenters. The van der Waals surface area contributed by atoms with Crippen molar-refractivity contribution >= 4 is 16.6 Å². The summed E-state index contributed by atoms with van der Waals surface area (Å²) in [5, 5.41) is 14.3. The Morgan fingerprint density at radius 1 is 1.13 bits per heavy atom. The molecule has 2 aromatic carbocycles. The van der Waals surface area contributed by atoms with Crippen LogP contribution in [0, 0.1) is 13.8 Å². The smallest absolute Gasteiger partial charge is 0.157 e. The number of aryl methyl sites for hydroxylation is 1. The highest BCUT2D eigenvalue weighted by molar-refractivity contribution is 5.92. The second-order valence-corrected chi connectivity index (χ2v) is 8.77. The van der Waals surface area contributed by atoms with E-state index < -0.39 is 0 Å². The molecule has 3 atom stereocenters. The fourth-order valence-electron chi connectivity index (χ4n) is 4.45. The van der Waals surface area contributed by atoms with E-state index in [4.69, 9.17) is 4.74 Å². The van der Waals surface area contributed by atoms with Gasteiger partial charge in [0.15, 0.2) is 5.82 Å². The summed E-state index contributed by atoms with van der Waals surface area (Å²) >= 11 is 0. The van der Waals surface area contributed by atoms with Gasteiger partial charge < -0.3 is 15.0 Å². The maximum Gasteiger partial charge on any atom is 0.157 e. The minimum absolute atomic E-state index is 0.130. The number of fused-ring (bicyclic) bond motifs is 1. The molecule has 158 valence electrons. The van der Waals surface area contributed by atoms with Crippen LogP contribution in [-0.2, 0) is 0 Å². The minimum atomic E-state index is 0.130. The Balaban J connectivity index is 1.57. The number of hydrogen-bond acceptors (Lipinski definition) is 5. The van der Waals surface area contributed by atoms with Crippen LogP contribution in [-0.4, -0.2) is 41.3 Å². The zero-order valence-corrected chi connectivity index (χ0v) is 18.6. The zero-order valence-electron chi connectivity index (χ0n) is 18.6. The second-order valence-electron chi connectivity index (χ2n) is 8.77. The molecule has 1 aliphatic rings. The summed E-state index contributed by atoms with van der Waals surface area (Å²) in [6.07, 6.45) is 5.45. The van der Waals surface area contributed by atoms with Crippen molar-refractivity contribution in [3.05, 3.63) is 59.3 Å². The Morgan fingerprint density at radius 3 is 2.73 bits per heavy atom. The highest BCUT2D eigenvalue weighted by atomic mass is 16.5. The van der Waals surface area contributed by atoms with Crippen molar-refractivity contribution < 1.29 is 4.74 Å². The molecule has 0 aliphatic heterocycles. The number of hydrogen-bond donors (Lipinski definition) is 1. The van der Waals surface area contributed by atoms with Crippen LogP contribution in [0.15, 0.2) is 42.6 Å². The molecule has 1 heterocycles. The van der Waals surface area contributed by atoms with Gasteiger partial charge in [-0.1, -0.05) is 18.2 Å². The summed E-state index contributed by atoms with van der Waals surface area (Å²) in [6.45, 7) is 6.49. The predicted octanol–water partition coefficient (Wildman–Crippen LogP) is 5.28. The molecular weight excluding hydrogens is 372 g/mol. The summed E-state index contributed by atoms with van der Waals surface area (Å²) in [7, 11) is 4.30. The van der Waals surface area contributed by atoms with Crippen LogP contribution in [0.1, 0.15) is 48.9 Å². The lowest BCUT2D eigenvalue weighted by Crippen LogP contribution is -2.26. The van der Waals surface area contributed by atoms with E-state index in [0.29, 0.717) is 6.04 Å². The fourth-order valence-corrected chi connectivity index (χ4v) is 4.45. The summed E-state index contributed by atoms with van der Waals surface area (Å²) in [5.41, 5.74) is 3.89. The molecule has 1 aliphatic carbocycles. The largest absolute Gasteiger partial charge is 0.490 e. The molecular formula is C25H32N4O. The van der Waals surface area contributed by atoms with Crippen molar-refractivity contribution in [2.24, 2.45) is 0 Å². The third-order valence-electron chi connectivity index (χ3n) is 6.49. The molecule has 0 spiro atoms. The van der Waals surface area contributed by atoms with Crippen LogP contribution in [0.2, 0.25) is 0 Å². The molecule has 1 aromatic heterocycles. The Hall–Kier alpha value is -2.66. The predicted molar refractivity (Wildman–Crippen MR) is 123 cm³/mol. The number of nitrogens with zero attached hydrogens (tertiary/aromatic N) is 3. The maximum atomic E-state index is 6.34. The lowest BCUT2D eigenvalue weighted by molar-refractivity contribution is 0.193. The van der Waals surface area contributed by atoms with Gasteiger partial charge in [0.25, 0.3) is 0 Å². The van der Waals surface area contributed by atoms with Gasteiger partial charge in [0.05, 0.1) is 12.2 Å². The van der Waals surface area contributed by atoms with Gasteiger partial charge in [-0.05, 0) is 89.0 Å². The summed E-state index contributed by atoms with van der Waals surface area (Å²) < 4.78 is 6.34. The molecule has 30 heavy (non-hydrogen) atoms. The van der Waals surface area contributed by atoms with E-state index >= 15 is 0 Å². The Labute approximate surface area is 179 Å². The number of anilines is 1. The number of nitrogens with one attached hydrogen (secondary N) is 1. The summed E-state index contributed by atoms with van der Waals surface area (Å²) in [4.78, 5) is 2.30. The standard InChI is InChI=1S/C25H32N4O/c1-16-7-6-8-23(17(16)2)18(3)27-25-24-14-22(11-9-19(24)15-26-28-25)30-21-12-10-20(13-21)29(4)5/h6-9,11,14-15,18,20-21H,10,12-13H2,1-5H3,(H,27,28)/t18-,20+,21?/m1/s1. The molecule has 1 N–H and O–H groups in total. The van der Waals surface area contributed by atoms with Gasteiger partial charge in [-0.15, -0.1) is 5.10 Å². The summed E-state index contributed by atoms with van der Waals surface area (Å²) in [6, 6.07) is 13.4. The molecule has 0 bridgehead atoms. The van der Waals surface area contributed by atoms with Crippen molar-refractivity contribution in [3.63, 3.8) is 0 Å². The molecule has 1 saturated carbocycles. The zero-order chi connectivity index (χ0) is 21.3. The first-order valence-corrected chi connectivity index (χ1v) is 10.8. The first kappa shape index (κ1) is 20.6. The molecule has 0 amide bonds. The Bertz CT molecular complexity index is 1030. The lowest BCUT2D eigenvalue weighted by Gasteiger charge is -2.20. The summed E-state index contributed by atoms with van der Waals surface area (Å²) in [5.74, 6) is 1.70. The average Bonchev–Trinajstić information content (AvgIpc) is 3.19. The monoisotopic (exact) mass is 404 g/mol. The van der Waals surface area contributed by atoms with Gasteiger partial charge in [0.1, 0.15) is 11.9 Å². The van der Waals surface area contributed by atoms with E-state index in [2.05, 4.69) is 85.6 Å². The number of benzene rings is 2. The maximum absolute atomic E-state index is 6.34. The molecule has 4 rings (SSSR count). The molecule has 0 saturated heterocycles. The highest BCUT2D eigenvalue weighted by Crippen LogP contribution is 2.32. The third kappa shape index (κ3) is 4.26. The molecule has 1 fully saturated rings. The van der Waals surface area contributed by atoms with Crippen LogP contribution in [0.4, 0.5) is 5.82 Å². The SMILES string of the molecule is Cc1cccc([C@@H](C)Nc2nncc3ccc(OC4CC[C@H](N(C)C)C4)cc23)c1C. The highest BCUT2D eigenvalue weighted by Gasteiger charge is 2.27. The number of rotatable bonds is 6. The molecule has 5 nitrogen and oxygen atoms in total. The van der Waals surface area contributed by atoms with E-state index in [1.165, 1.54) is 23.1 Å². The number of ether oxygens (including phenoxy) is 1. The number of aromatic nitrogens is 2. The van der Waals surface area contributed by atoms with Gasteiger partial charge in [0, 0.05) is 16.8 Å². The van der Waals surface area contributed by atoms with Gasteiger partial charge >= 0.3 is 0 Å². The molecule has 3 aromatic rings. The van der Waals surface area contributed by atoms with E-state index in [1.54, 1.807) is 0 Å². The van der Waals surface area contributed by atoms with Gasteiger partial charge in [-0.25, -0.2) is 0 Å². The second kappa shape index (κ2) is 8.60.